The molecule has 0 aliphatic carbocycles. The lowest BCUT2D eigenvalue weighted by molar-refractivity contribution is -0.124. The first kappa shape index (κ1) is 27.2. The van der Waals surface area contributed by atoms with Crippen molar-refractivity contribution in [3.8, 4) is 6.07 Å². The molecule has 3 aromatic carbocycles. The number of carbonyl (C=O) groups is 2. The van der Waals surface area contributed by atoms with Gasteiger partial charge in [-0.2, -0.15) is 5.26 Å². The normalized spacial score (nSPS) is 16.5. The zero-order valence-corrected chi connectivity index (χ0v) is 23.7. The number of hydrogen-bond donors (Lipinski definition) is 1. The molecule has 0 spiro atoms. The third-order valence-corrected chi connectivity index (χ3v) is 7.19. The van der Waals surface area contributed by atoms with Crippen LogP contribution < -0.4 is 15.8 Å². The second-order valence-electron chi connectivity index (χ2n) is 10.6. The molecule has 0 saturated carbocycles. The first-order valence-corrected chi connectivity index (χ1v) is 13.4. The summed E-state index contributed by atoms with van der Waals surface area (Å²) in [6, 6.07) is 23.7. The summed E-state index contributed by atoms with van der Waals surface area (Å²) in [6.45, 7) is 5.44. The van der Waals surface area contributed by atoms with Crippen LogP contribution in [0.15, 0.2) is 86.5 Å². The molecule has 8 nitrogen and oxygen atoms in total. The number of fused-ring (bicyclic) bond motifs is 2. The van der Waals surface area contributed by atoms with Crippen LogP contribution >= 0.6 is 15.9 Å². The van der Waals surface area contributed by atoms with Crippen LogP contribution in [0.2, 0.25) is 0 Å². The van der Waals surface area contributed by atoms with Crippen molar-refractivity contribution in [1.29, 1.82) is 5.26 Å². The Morgan fingerprint density at radius 2 is 1.77 bits per heavy atom. The van der Waals surface area contributed by atoms with Crippen LogP contribution in [0.3, 0.4) is 0 Å². The van der Waals surface area contributed by atoms with Gasteiger partial charge in [-0.15, -0.1) is 0 Å². The zero-order chi connectivity index (χ0) is 28.7. The van der Waals surface area contributed by atoms with Crippen molar-refractivity contribution in [2.45, 2.75) is 44.9 Å². The summed E-state index contributed by atoms with van der Waals surface area (Å²) in [6.07, 6.45) is -0.987. The summed E-state index contributed by atoms with van der Waals surface area (Å²) in [5, 5.41) is 13.3. The van der Waals surface area contributed by atoms with Gasteiger partial charge in [0.1, 0.15) is 22.8 Å². The lowest BCUT2D eigenvalue weighted by Gasteiger charge is -2.32. The molecule has 0 bridgehead atoms. The van der Waals surface area contributed by atoms with Crippen molar-refractivity contribution in [1.82, 2.24) is 5.32 Å². The molecule has 4 aromatic rings. The van der Waals surface area contributed by atoms with E-state index in [1.54, 1.807) is 56.0 Å². The first-order valence-electron chi connectivity index (χ1n) is 12.6. The van der Waals surface area contributed by atoms with Gasteiger partial charge in [-0.1, -0.05) is 64.5 Å². The fourth-order valence-corrected chi connectivity index (χ4v) is 5.42. The van der Waals surface area contributed by atoms with Crippen LogP contribution in [0.4, 0.5) is 10.5 Å². The summed E-state index contributed by atoms with van der Waals surface area (Å²) in [7, 11) is 0. The van der Waals surface area contributed by atoms with E-state index in [0.717, 1.165) is 5.56 Å². The molecule has 0 saturated heterocycles. The number of alkyl carbamates (subject to hydrolysis) is 1. The fraction of sp³-hybridized carbons (Fsp3) is 0.226. The van der Waals surface area contributed by atoms with Crippen LogP contribution in [0.5, 0.6) is 0 Å². The monoisotopic (exact) mass is 599 g/mol. The minimum atomic E-state index is -1.68. The summed E-state index contributed by atoms with van der Waals surface area (Å²) in [5.74, 6) is -0.413. The Kier molecular flexibility index (Phi) is 6.98. The third kappa shape index (κ3) is 4.98. The Bertz CT molecular complexity index is 1740. The predicted octanol–water partition coefficient (Wildman–Crippen LogP) is 5.94. The molecular weight excluding hydrogens is 574 g/mol. The number of hydrogen-bond acceptors (Lipinski definition) is 6. The maximum atomic E-state index is 14.5. The molecule has 5 rings (SSSR count). The predicted molar refractivity (Wildman–Crippen MR) is 154 cm³/mol. The molecule has 0 unspecified atom stereocenters. The molecule has 0 radical (unpaired) electrons. The van der Waals surface area contributed by atoms with Crippen molar-refractivity contribution in [3.63, 3.8) is 0 Å². The number of carbonyl (C=O) groups excluding carboxylic acids is 2. The number of para-hydroxylation sites is 1. The minimum absolute atomic E-state index is 0.186. The summed E-state index contributed by atoms with van der Waals surface area (Å²) < 4.78 is 11.7. The highest BCUT2D eigenvalue weighted by Crippen LogP contribution is 2.44. The van der Waals surface area contributed by atoms with Crippen molar-refractivity contribution < 1.29 is 18.7 Å². The molecule has 1 aliphatic rings. The molecule has 2 heterocycles. The Hall–Kier alpha value is -4.42. The molecule has 1 aliphatic heterocycles. The molecule has 1 atom stereocenters. The molecule has 202 valence electrons. The maximum Gasteiger partial charge on any atom is 0.408 e. The number of halogens is 1. The van der Waals surface area contributed by atoms with E-state index in [-0.39, 0.29) is 29.7 Å². The topological polar surface area (TPSA) is 113 Å². The molecule has 1 N–H and O–H groups in total. The highest BCUT2D eigenvalue weighted by Gasteiger charge is 2.53. The maximum absolute atomic E-state index is 14.5. The molecular formula is C31H26BrN3O5. The van der Waals surface area contributed by atoms with E-state index in [2.05, 4.69) is 21.2 Å². The van der Waals surface area contributed by atoms with Crippen LogP contribution in [-0.4, -0.2) is 17.6 Å². The molecule has 9 heteroatoms. The smallest absolute Gasteiger partial charge is 0.408 e. The minimum Gasteiger partial charge on any atom is -0.444 e. The van der Waals surface area contributed by atoms with Crippen molar-refractivity contribution >= 4 is 44.6 Å². The second kappa shape index (κ2) is 10.3. The lowest BCUT2D eigenvalue weighted by Crippen LogP contribution is -2.55. The van der Waals surface area contributed by atoms with Crippen LogP contribution in [0, 0.1) is 11.3 Å². The third-order valence-electron chi connectivity index (χ3n) is 6.69. The van der Waals surface area contributed by atoms with Crippen molar-refractivity contribution in [2.24, 2.45) is 0 Å². The van der Waals surface area contributed by atoms with E-state index in [1.165, 1.54) is 0 Å². The standard InChI is InChI=1S/C31H26BrN3O5/c1-30(2,3)40-29(38)34-31(16-22-21-15-20(32)13-14-26(21)39-27(36)23(22)17-33)24-11-7-8-12-25(24)35(28(31)37)18-19-9-5-4-6-10-19/h4-15H,16,18H2,1-3H3,(H,34,38)/t31-/m0/s1. The Morgan fingerprint density at radius 1 is 1.07 bits per heavy atom. The van der Waals surface area contributed by atoms with Crippen LogP contribution in [0.1, 0.15) is 43.0 Å². The molecule has 0 fully saturated rings. The number of nitrogens with one attached hydrogen (secondary N) is 1. The van der Waals surface area contributed by atoms with Gasteiger partial charge in [0, 0.05) is 21.8 Å². The Labute approximate surface area is 239 Å². The summed E-state index contributed by atoms with van der Waals surface area (Å²) in [5.41, 5.74) is -0.984. The second-order valence-corrected chi connectivity index (χ2v) is 11.5. The van der Waals surface area contributed by atoms with E-state index in [1.807, 2.05) is 48.5 Å². The highest BCUT2D eigenvalue weighted by atomic mass is 79.9. The number of nitrogens with zero attached hydrogens (tertiary/aromatic N) is 2. The van der Waals surface area contributed by atoms with E-state index < -0.39 is 28.8 Å². The van der Waals surface area contributed by atoms with Crippen molar-refractivity contribution in [3.05, 3.63) is 110 Å². The van der Waals surface area contributed by atoms with E-state index in [9.17, 15) is 19.6 Å². The zero-order valence-electron chi connectivity index (χ0n) is 22.2. The van der Waals surface area contributed by atoms with Gasteiger partial charge >= 0.3 is 11.7 Å². The van der Waals surface area contributed by atoms with E-state index in [4.69, 9.17) is 9.15 Å². The lowest BCUT2D eigenvalue weighted by atomic mass is 9.82. The Morgan fingerprint density at radius 3 is 2.48 bits per heavy atom. The highest BCUT2D eigenvalue weighted by molar-refractivity contribution is 9.10. The summed E-state index contributed by atoms with van der Waals surface area (Å²) >= 11 is 3.45. The van der Waals surface area contributed by atoms with Gasteiger partial charge in [-0.05, 0) is 56.2 Å². The molecule has 40 heavy (non-hydrogen) atoms. The number of benzene rings is 3. The van der Waals surface area contributed by atoms with Gasteiger partial charge in [0.2, 0.25) is 0 Å². The first-order chi connectivity index (χ1) is 19.0. The van der Waals surface area contributed by atoms with Crippen LogP contribution in [0.25, 0.3) is 11.0 Å². The SMILES string of the molecule is CC(C)(C)OC(=O)N[C@]1(Cc2c(C#N)c(=O)oc3ccc(Br)cc23)C(=O)N(Cc2ccccc2)c2ccccc21. The van der Waals surface area contributed by atoms with E-state index >= 15 is 0 Å². The number of rotatable bonds is 5. The largest absolute Gasteiger partial charge is 0.444 e. The van der Waals surface area contributed by atoms with Gasteiger partial charge in [-0.3, -0.25) is 4.79 Å². The van der Waals surface area contributed by atoms with Crippen LogP contribution in [-0.2, 0) is 28.0 Å². The molecule has 1 aromatic heterocycles. The van der Waals surface area contributed by atoms with Gasteiger partial charge in [0.05, 0.1) is 12.2 Å². The number of ether oxygens (including phenoxy) is 1. The summed E-state index contributed by atoms with van der Waals surface area (Å²) in [4.78, 5) is 42.3. The average molecular weight is 600 g/mol. The van der Waals surface area contributed by atoms with Gasteiger partial charge in [-0.25, -0.2) is 9.59 Å². The van der Waals surface area contributed by atoms with Gasteiger partial charge < -0.3 is 19.4 Å². The number of anilines is 1. The van der Waals surface area contributed by atoms with Gasteiger partial charge in [0.25, 0.3) is 5.91 Å². The Balaban J connectivity index is 1.74. The van der Waals surface area contributed by atoms with Gasteiger partial charge in [0.15, 0.2) is 5.54 Å². The quantitative estimate of drug-likeness (QED) is 0.284. The number of nitriles is 1. The molecule has 2 amide bonds. The fourth-order valence-electron chi connectivity index (χ4n) is 5.06. The number of amides is 2. The van der Waals surface area contributed by atoms with Crippen molar-refractivity contribution in [2.75, 3.05) is 4.90 Å². The van der Waals surface area contributed by atoms with E-state index in [0.29, 0.717) is 21.1 Å². The average Bonchev–Trinajstić information content (AvgIpc) is 3.11.